The number of hydrogen-bond donors (Lipinski definition) is 2. The molecule has 1 saturated heterocycles. The fraction of sp³-hybridized carbons (Fsp3) is 0.800. The minimum absolute atomic E-state index is 0.301. The van der Waals surface area contributed by atoms with Gasteiger partial charge in [-0.15, -0.1) is 0 Å². The van der Waals surface area contributed by atoms with Crippen LogP contribution in [0.1, 0.15) is 32.6 Å². The first kappa shape index (κ1) is 15.3. The molecule has 1 fully saturated rings. The van der Waals surface area contributed by atoms with E-state index in [1.807, 2.05) is 0 Å². The molecular weight excluding hydrogens is 254 g/mol. The van der Waals surface area contributed by atoms with E-state index < -0.39 is 0 Å². The van der Waals surface area contributed by atoms with Gasteiger partial charge in [0.25, 0.3) is 0 Å². The van der Waals surface area contributed by atoms with Crippen LogP contribution in [0.3, 0.4) is 0 Å². The first-order valence-corrected chi connectivity index (χ1v) is 7.77. The summed E-state index contributed by atoms with van der Waals surface area (Å²) in [6, 6.07) is 0.487. The van der Waals surface area contributed by atoms with Gasteiger partial charge >= 0.3 is 0 Å². The zero-order chi connectivity index (χ0) is 14.0. The van der Waals surface area contributed by atoms with Crippen LogP contribution >= 0.6 is 0 Å². The zero-order valence-electron chi connectivity index (χ0n) is 12.4. The SMILES string of the molecule is CCNC(=NCCOCC1CCCO1)NC1CC=CC1. The van der Waals surface area contributed by atoms with Gasteiger partial charge in [-0.1, -0.05) is 12.2 Å². The Bertz CT molecular complexity index is 317. The first-order chi connectivity index (χ1) is 9.88. The van der Waals surface area contributed by atoms with Crippen LogP contribution in [0.15, 0.2) is 17.1 Å². The number of rotatable bonds is 7. The van der Waals surface area contributed by atoms with Gasteiger partial charge in [0.1, 0.15) is 0 Å². The second kappa shape index (κ2) is 8.97. The van der Waals surface area contributed by atoms with Gasteiger partial charge in [-0.05, 0) is 32.6 Å². The summed E-state index contributed by atoms with van der Waals surface area (Å²) in [5.41, 5.74) is 0. The molecule has 1 aliphatic heterocycles. The molecule has 2 aliphatic rings. The molecule has 0 aromatic heterocycles. The molecule has 20 heavy (non-hydrogen) atoms. The molecule has 5 nitrogen and oxygen atoms in total. The van der Waals surface area contributed by atoms with Crippen molar-refractivity contribution in [3.05, 3.63) is 12.2 Å². The van der Waals surface area contributed by atoms with E-state index in [4.69, 9.17) is 9.47 Å². The third-order valence-electron chi connectivity index (χ3n) is 3.53. The summed E-state index contributed by atoms with van der Waals surface area (Å²) in [5.74, 6) is 0.891. The van der Waals surface area contributed by atoms with Crippen molar-refractivity contribution in [3.8, 4) is 0 Å². The largest absolute Gasteiger partial charge is 0.377 e. The van der Waals surface area contributed by atoms with Crippen LogP contribution in [-0.4, -0.2) is 51.0 Å². The van der Waals surface area contributed by atoms with Crippen molar-refractivity contribution < 1.29 is 9.47 Å². The van der Waals surface area contributed by atoms with E-state index in [-0.39, 0.29) is 0 Å². The Hall–Kier alpha value is -1.07. The van der Waals surface area contributed by atoms with Crippen LogP contribution in [-0.2, 0) is 9.47 Å². The van der Waals surface area contributed by atoms with E-state index in [1.54, 1.807) is 0 Å². The first-order valence-electron chi connectivity index (χ1n) is 7.77. The third-order valence-corrected chi connectivity index (χ3v) is 3.53. The van der Waals surface area contributed by atoms with Gasteiger partial charge < -0.3 is 20.1 Å². The highest BCUT2D eigenvalue weighted by Gasteiger charge is 2.15. The lowest BCUT2D eigenvalue weighted by Gasteiger charge is -2.16. The fourth-order valence-electron chi connectivity index (χ4n) is 2.46. The maximum atomic E-state index is 5.62. The van der Waals surface area contributed by atoms with Crippen molar-refractivity contribution in [3.63, 3.8) is 0 Å². The summed E-state index contributed by atoms with van der Waals surface area (Å²) in [7, 11) is 0. The summed E-state index contributed by atoms with van der Waals surface area (Å²) in [6.45, 7) is 5.88. The van der Waals surface area contributed by atoms with Crippen LogP contribution in [0.5, 0.6) is 0 Å². The van der Waals surface area contributed by atoms with Crippen molar-refractivity contribution in [2.45, 2.75) is 44.8 Å². The lowest BCUT2D eigenvalue weighted by atomic mass is 10.2. The van der Waals surface area contributed by atoms with Crippen LogP contribution in [0.25, 0.3) is 0 Å². The highest BCUT2D eigenvalue weighted by Crippen LogP contribution is 2.11. The topological polar surface area (TPSA) is 54.9 Å². The number of guanidine groups is 1. The highest BCUT2D eigenvalue weighted by atomic mass is 16.5. The minimum atomic E-state index is 0.301. The Labute approximate surface area is 121 Å². The smallest absolute Gasteiger partial charge is 0.191 e. The fourth-order valence-corrected chi connectivity index (χ4v) is 2.46. The summed E-state index contributed by atoms with van der Waals surface area (Å²) in [4.78, 5) is 4.54. The van der Waals surface area contributed by atoms with Gasteiger partial charge in [0.2, 0.25) is 0 Å². The molecule has 2 rings (SSSR count). The normalized spacial score (nSPS) is 23.4. The third kappa shape index (κ3) is 5.51. The van der Waals surface area contributed by atoms with E-state index in [1.165, 1.54) is 0 Å². The number of hydrogen-bond acceptors (Lipinski definition) is 3. The van der Waals surface area contributed by atoms with Crippen molar-refractivity contribution in [2.75, 3.05) is 32.9 Å². The van der Waals surface area contributed by atoms with E-state index in [0.29, 0.717) is 31.9 Å². The quantitative estimate of drug-likeness (QED) is 0.321. The molecule has 1 atom stereocenters. The average Bonchev–Trinajstić information content (AvgIpc) is 3.11. The molecule has 0 bridgehead atoms. The van der Waals surface area contributed by atoms with Crippen molar-refractivity contribution in [2.24, 2.45) is 4.99 Å². The van der Waals surface area contributed by atoms with E-state index in [2.05, 4.69) is 34.7 Å². The molecule has 2 N–H and O–H groups in total. The van der Waals surface area contributed by atoms with E-state index in [9.17, 15) is 0 Å². The molecule has 1 aliphatic carbocycles. The second-order valence-corrected chi connectivity index (χ2v) is 5.25. The summed E-state index contributed by atoms with van der Waals surface area (Å²) >= 11 is 0. The minimum Gasteiger partial charge on any atom is -0.377 e. The molecule has 1 unspecified atom stereocenters. The number of ether oxygens (including phenoxy) is 2. The van der Waals surface area contributed by atoms with E-state index >= 15 is 0 Å². The molecule has 0 saturated carbocycles. The molecule has 0 aromatic carbocycles. The predicted molar refractivity (Wildman–Crippen MR) is 81.1 cm³/mol. The summed E-state index contributed by atoms with van der Waals surface area (Å²) in [6.07, 6.45) is 9.19. The molecule has 1 heterocycles. The van der Waals surface area contributed by atoms with Crippen molar-refractivity contribution in [1.82, 2.24) is 10.6 Å². The lowest BCUT2D eigenvalue weighted by Crippen LogP contribution is -2.42. The molecule has 114 valence electrons. The van der Waals surface area contributed by atoms with Gasteiger partial charge in [-0.25, -0.2) is 0 Å². The monoisotopic (exact) mass is 281 g/mol. The highest BCUT2D eigenvalue weighted by molar-refractivity contribution is 5.80. The van der Waals surface area contributed by atoms with Crippen LogP contribution in [0.2, 0.25) is 0 Å². The molecule has 0 radical (unpaired) electrons. The van der Waals surface area contributed by atoms with Gasteiger partial charge in [0, 0.05) is 19.2 Å². The summed E-state index contributed by atoms with van der Waals surface area (Å²) in [5, 5.41) is 6.72. The molecular formula is C15H27N3O2. The molecule has 0 spiro atoms. The van der Waals surface area contributed by atoms with Crippen molar-refractivity contribution >= 4 is 5.96 Å². The predicted octanol–water partition coefficient (Wildman–Crippen LogP) is 1.46. The van der Waals surface area contributed by atoms with Gasteiger partial charge in [-0.3, -0.25) is 4.99 Å². The van der Waals surface area contributed by atoms with Crippen LogP contribution in [0.4, 0.5) is 0 Å². The number of nitrogens with zero attached hydrogens (tertiary/aromatic N) is 1. The number of nitrogens with one attached hydrogen (secondary N) is 2. The maximum absolute atomic E-state index is 5.62. The Morgan fingerprint density at radius 2 is 2.25 bits per heavy atom. The molecule has 0 aromatic rings. The zero-order valence-corrected chi connectivity index (χ0v) is 12.4. The van der Waals surface area contributed by atoms with Gasteiger partial charge in [0.05, 0.1) is 25.9 Å². The average molecular weight is 281 g/mol. The Balaban J connectivity index is 1.60. The molecule has 0 amide bonds. The summed E-state index contributed by atoms with van der Waals surface area (Å²) < 4.78 is 11.1. The maximum Gasteiger partial charge on any atom is 0.191 e. The van der Waals surface area contributed by atoms with Gasteiger partial charge in [0.15, 0.2) is 5.96 Å². The van der Waals surface area contributed by atoms with Crippen molar-refractivity contribution in [1.29, 1.82) is 0 Å². The second-order valence-electron chi connectivity index (χ2n) is 5.25. The Morgan fingerprint density at radius 1 is 1.40 bits per heavy atom. The lowest BCUT2D eigenvalue weighted by molar-refractivity contribution is 0.0200. The van der Waals surface area contributed by atoms with Gasteiger partial charge in [-0.2, -0.15) is 0 Å². The Kier molecular flexibility index (Phi) is 6.88. The standard InChI is InChI=1S/C15H27N3O2/c1-2-16-15(18-13-6-3-4-7-13)17-9-11-19-12-14-8-5-10-20-14/h3-4,13-14H,2,5-12H2,1H3,(H2,16,17,18). The van der Waals surface area contributed by atoms with Crippen LogP contribution in [0, 0.1) is 0 Å². The Morgan fingerprint density at radius 3 is 2.95 bits per heavy atom. The number of aliphatic imine (C=N–C) groups is 1. The molecule has 5 heteroatoms. The van der Waals surface area contributed by atoms with Crippen LogP contribution < -0.4 is 10.6 Å². The van der Waals surface area contributed by atoms with E-state index in [0.717, 1.165) is 44.8 Å².